The van der Waals surface area contributed by atoms with Crippen molar-refractivity contribution in [2.24, 2.45) is 0 Å². The van der Waals surface area contributed by atoms with Crippen LogP contribution in [-0.2, 0) is 11.3 Å². The molecule has 0 atom stereocenters. The largest absolute Gasteiger partial charge is 0.375 e. The molecular weight excluding hydrogens is 373 g/mol. The fourth-order valence-corrected chi connectivity index (χ4v) is 4.00. The van der Waals surface area contributed by atoms with E-state index in [0.29, 0.717) is 6.61 Å². The summed E-state index contributed by atoms with van der Waals surface area (Å²) in [7, 11) is 0. The summed E-state index contributed by atoms with van der Waals surface area (Å²) in [6, 6.07) is 16.4. The molecule has 0 spiro atoms. The molecule has 0 aromatic heterocycles. The molecule has 1 aliphatic heterocycles. The average molecular weight is 398 g/mol. The molecule has 0 bridgehead atoms. The predicted octanol–water partition coefficient (Wildman–Crippen LogP) is 5.38. The van der Waals surface area contributed by atoms with Crippen LogP contribution in [0.2, 0.25) is 5.02 Å². The minimum Gasteiger partial charge on any atom is -0.375 e. The fraction of sp³-hybridized carbons (Fsp3) is 0.400. The van der Waals surface area contributed by atoms with E-state index in [2.05, 4.69) is 53.1 Å². The van der Waals surface area contributed by atoms with Crippen molar-refractivity contribution in [1.29, 1.82) is 0 Å². The van der Waals surface area contributed by atoms with Crippen LogP contribution in [0.25, 0.3) is 11.1 Å². The number of hydrogen-bond donors (Lipinski definition) is 0. The summed E-state index contributed by atoms with van der Waals surface area (Å²) in [6.07, 6.45) is 1.30. The van der Waals surface area contributed by atoms with E-state index >= 15 is 0 Å². The predicted molar refractivity (Wildman–Crippen MR) is 112 cm³/mol. The molecule has 1 heterocycles. The molecule has 2 aromatic rings. The van der Waals surface area contributed by atoms with Crippen LogP contribution in [0.4, 0.5) is 0 Å². The van der Waals surface area contributed by atoms with Crippen LogP contribution in [0.1, 0.15) is 12.0 Å². The maximum Gasteiger partial charge on any atom is 0.0723 e. The van der Waals surface area contributed by atoms with E-state index in [9.17, 15) is 0 Å². The second-order valence-electron chi connectivity index (χ2n) is 6.02. The summed E-state index contributed by atoms with van der Waals surface area (Å²) < 4.78 is 5.97. The second-order valence-corrected chi connectivity index (χ2v) is 7.69. The van der Waals surface area contributed by atoms with Gasteiger partial charge in [-0.25, -0.2) is 0 Å². The second kappa shape index (κ2) is 11.1. The van der Waals surface area contributed by atoms with E-state index in [-0.39, 0.29) is 12.4 Å². The molecule has 0 unspecified atom stereocenters. The van der Waals surface area contributed by atoms with Crippen molar-refractivity contribution < 1.29 is 4.74 Å². The van der Waals surface area contributed by atoms with Crippen LogP contribution in [0.15, 0.2) is 48.5 Å². The highest BCUT2D eigenvalue weighted by atomic mass is 35.5. The minimum absolute atomic E-state index is 0. The van der Waals surface area contributed by atoms with Crippen molar-refractivity contribution in [3.8, 4) is 11.1 Å². The maximum absolute atomic E-state index is 6.00. The third kappa shape index (κ3) is 6.50. The van der Waals surface area contributed by atoms with Gasteiger partial charge in [0.05, 0.1) is 13.2 Å². The first-order valence-electron chi connectivity index (χ1n) is 8.54. The lowest BCUT2D eigenvalue weighted by Gasteiger charge is -2.19. The van der Waals surface area contributed by atoms with Gasteiger partial charge in [0, 0.05) is 23.9 Å². The standard InChI is InChI=1S/C20H24ClNOS.ClH/c21-19-8-6-17(7-9-19)20-5-2-1-4-18(20)16-23-13-11-22-10-3-14-24-15-12-22;/h1-2,4-9H,3,10-16H2;1H. The highest BCUT2D eigenvalue weighted by molar-refractivity contribution is 7.99. The Balaban J connectivity index is 0.00000225. The van der Waals surface area contributed by atoms with Crippen molar-refractivity contribution >= 4 is 35.8 Å². The smallest absolute Gasteiger partial charge is 0.0723 e. The van der Waals surface area contributed by atoms with Crippen LogP contribution in [0, 0.1) is 0 Å². The summed E-state index contributed by atoms with van der Waals surface area (Å²) in [4.78, 5) is 2.52. The first-order chi connectivity index (χ1) is 11.8. The van der Waals surface area contributed by atoms with Crippen LogP contribution < -0.4 is 0 Å². The van der Waals surface area contributed by atoms with Crippen LogP contribution in [0.5, 0.6) is 0 Å². The van der Waals surface area contributed by atoms with E-state index in [4.69, 9.17) is 16.3 Å². The van der Waals surface area contributed by atoms with Gasteiger partial charge in [-0.05, 0) is 47.5 Å². The SMILES string of the molecule is Cl.Clc1ccc(-c2ccccc2COCCN2CCCSCC2)cc1. The molecule has 0 N–H and O–H groups in total. The molecule has 2 aromatic carbocycles. The number of thioether (sulfide) groups is 1. The number of benzene rings is 2. The molecule has 2 nitrogen and oxygen atoms in total. The van der Waals surface area contributed by atoms with Gasteiger partial charge in [0.1, 0.15) is 0 Å². The number of halogens is 2. The summed E-state index contributed by atoms with van der Waals surface area (Å²) >= 11 is 8.06. The summed E-state index contributed by atoms with van der Waals surface area (Å²) in [5.41, 5.74) is 3.63. The van der Waals surface area contributed by atoms with E-state index in [0.717, 1.165) is 18.2 Å². The first-order valence-corrected chi connectivity index (χ1v) is 10.1. The number of nitrogens with zero attached hydrogens (tertiary/aromatic N) is 1. The van der Waals surface area contributed by atoms with E-state index in [1.54, 1.807) is 0 Å². The van der Waals surface area contributed by atoms with Gasteiger partial charge in [-0.3, -0.25) is 0 Å². The van der Waals surface area contributed by atoms with Crippen molar-refractivity contribution in [2.75, 3.05) is 37.7 Å². The summed E-state index contributed by atoms with van der Waals surface area (Å²) in [5, 5.41) is 0.767. The van der Waals surface area contributed by atoms with Gasteiger partial charge in [-0.1, -0.05) is 48.0 Å². The summed E-state index contributed by atoms with van der Waals surface area (Å²) in [6.45, 7) is 4.87. The molecule has 5 heteroatoms. The van der Waals surface area contributed by atoms with Crippen molar-refractivity contribution in [3.05, 3.63) is 59.1 Å². The molecule has 1 fully saturated rings. The van der Waals surface area contributed by atoms with E-state index in [1.165, 1.54) is 47.7 Å². The van der Waals surface area contributed by atoms with Gasteiger partial charge < -0.3 is 9.64 Å². The van der Waals surface area contributed by atoms with Gasteiger partial charge in [0.25, 0.3) is 0 Å². The third-order valence-electron chi connectivity index (χ3n) is 4.30. The van der Waals surface area contributed by atoms with Crippen molar-refractivity contribution in [1.82, 2.24) is 4.90 Å². The number of hydrogen-bond acceptors (Lipinski definition) is 3. The first kappa shape index (κ1) is 20.6. The normalized spacial score (nSPS) is 15.4. The molecule has 0 radical (unpaired) electrons. The average Bonchev–Trinajstić information content (AvgIpc) is 2.89. The fourth-order valence-electron chi connectivity index (χ4n) is 2.95. The minimum atomic E-state index is 0. The Morgan fingerprint density at radius 3 is 2.64 bits per heavy atom. The van der Waals surface area contributed by atoms with Crippen molar-refractivity contribution in [3.63, 3.8) is 0 Å². The molecule has 136 valence electrons. The zero-order valence-electron chi connectivity index (χ0n) is 14.3. The van der Waals surface area contributed by atoms with Crippen LogP contribution in [0.3, 0.4) is 0 Å². The molecular formula is C20H25Cl2NOS. The van der Waals surface area contributed by atoms with Crippen LogP contribution >= 0.6 is 35.8 Å². The van der Waals surface area contributed by atoms with Gasteiger partial charge in [0.15, 0.2) is 0 Å². The molecule has 0 aliphatic carbocycles. The Labute approximate surface area is 166 Å². The maximum atomic E-state index is 6.00. The Bertz CT molecular complexity index is 628. The van der Waals surface area contributed by atoms with Gasteiger partial charge in [0.2, 0.25) is 0 Å². The number of rotatable bonds is 6. The number of ether oxygens (including phenoxy) is 1. The monoisotopic (exact) mass is 397 g/mol. The van der Waals surface area contributed by atoms with Crippen molar-refractivity contribution in [2.45, 2.75) is 13.0 Å². The Hall–Kier alpha value is -0.710. The lowest BCUT2D eigenvalue weighted by molar-refractivity contribution is 0.0951. The summed E-state index contributed by atoms with van der Waals surface area (Å²) in [5.74, 6) is 2.55. The Morgan fingerprint density at radius 2 is 1.80 bits per heavy atom. The Kier molecular flexibility index (Phi) is 9.14. The molecule has 25 heavy (non-hydrogen) atoms. The van der Waals surface area contributed by atoms with Gasteiger partial charge >= 0.3 is 0 Å². The van der Waals surface area contributed by atoms with E-state index < -0.39 is 0 Å². The lowest BCUT2D eigenvalue weighted by Crippen LogP contribution is -2.29. The van der Waals surface area contributed by atoms with Gasteiger partial charge in [-0.15, -0.1) is 12.4 Å². The highest BCUT2D eigenvalue weighted by Gasteiger charge is 2.09. The molecule has 1 saturated heterocycles. The third-order valence-corrected chi connectivity index (χ3v) is 5.60. The molecule has 0 amide bonds. The Morgan fingerprint density at radius 1 is 1.00 bits per heavy atom. The molecule has 1 aliphatic rings. The van der Waals surface area contributed by atoms with E-state index in [1.807, 2.05) is 12.1 Å². The quantitative estimate of drug-likeness (QED) is 0.606. The zero-order chi connectivity index (χ0) is 16.6. The van der Waals surface area contributed by atoms with Gasteiger partial charge in [-0.2, -0.15) is 11.8 Å². The topological polar surface area (TPSA) is 12.5 Å². The highest BCUT2D eigenvalue weighted by Crippen LogP contribution is 2.25. The van der Waals surface area contributed by atoms with Crippen LogP contribution in [-0.4, -0.2) is 42.6 Å². The molecule has 3 rings (SSSR count). The lowest BCUT2D eigenvalue weighted by atomic mass is 10.0. The molecule has 0 saturated carbocycles. The zero-order valence-corrected chi connectivity index (χ0v) is 16.7.